The van der Waals surface area contributed by atoms with E-state index in [9.17, 15) is 0 Å². The van der Waals surface area contributed by atoms with E-state index in [1.54, 1.807) is 0 Å². The quantitative estimate of drug-likeness (QED) is 0.223. The third kappa shape index (κ3) is 9.26. The maximum atomic E-state index is 3.95. The fourth-order valence-corrected chi connectivity index (χ4v) is 5.54. The van der Waals surface area contributed by atoms with Crippen LogP contribution >= 0.6 is 0 Å². The molecule has 39 heavy (non-hydrogen) atoms. The van der Waals surface area contributed by atoms with Gasteiger partial charge < -0.3 is 0 Å². The minimum absolute atomic E-state index is 0.0281. The molecule has 0 aromatic heterocycles. The summed E-state index contributed by atoms with van der Waals surface area (Å²) in [5.74, 6) is 0. The highest BCUT2D eigenvalue weighted by Gasteiger charge is 2.20. The van der Waals surface area contributed by atoms with Crippen molar-refractivity contribution < 1.29 is 0 Å². The maximum absolute atomic E-state index is 3.95. The molecule has 3 aliphatic carbocycles. The molecule has 3 aromatic carbocycles. The molecular weight excluding hydrogens is 468 g/mol. The third-order valence-corrected chi connectivity index (χ3v) is 7.89. The van der Waals surface area contributed by atoms with Crippen molar-refractivity contribution in [3.05, 3.63) is 125 Å². The molecule has 3 aromatic rings. The van der Waals surface area contributed by atoms with Crippen LogP contribution in [0.1, 0.15) is 113 Å². The lowest BCUT2D eigenvalue weighted by Crippen LogP contribution is -2.08. The van der Waals surface area contributed by atoms with E-state index in [1.807, 2.05) is 0 Å². The SMILES string of the molecule is CC(C)(C)C1=C=C(c2ccccc2)c2ccc(cc2)CCCCCC/C=C\CCCCCCc2ccc1cc2. The Morgan fingerprint density at radius 2 is 0.949 bits per heavy atom. The molecule has 0 N–H and O–H groups in total. The van der Waals surface area contributed by atoms with Gasteiger partial charge in [-0.1, -0.05) is 137 Å². The lowest BCUT2D eigenvalue weighted by Gasteiger charge is -2.22. The number of hydrogen-bond donors (Lipinski definition) is 0. The standard InChI is InChI=1S/C39H48/c1-39(2,3)38-31-37(34-21-17-14-18-22-34)35-27-23-32(24-28-35)19-15-12-10-8-6-4-5-7-9-11-13-16-20-33-25-29-36(38)30-26-33/h4-5,14,17-18,21-30H,6-13,15-16,19-20H2,1-3H3/b5-4-. The average Bonchev–Trinajstić information content (AvgIpc) is 2.94. The molecular formula is C39H48. The zero-order valence-electron chi connectivity index (χ0n) is 24.6. The minimum Gasteiger partial charge on any atom is -0.107 e. The maximum Gasteiger partial charge on any atom is 0.0312 e. The molecule has 6 rings (SSSR count). The molecule has 0 nitrogen and oxygen atoms in total. The van der Waals surface area contributed by atoms with Crippen LogP contribution in [-0.4, -0.2) is 0 Å². The minimum atomic E-state index is -0.0281. The summed E-state index contributed by atoms with van der Waals surface area (Å²) in [6.07, 6.45) is 20.2. The van der Waals surface area contributed by atoms with Crippen LogP contribution in [0.3, 0.4) is 0 Å². The lowest BCUT2D eigenvalue weighted by atomic mass is 9.81. The van der Waals surface area contributed by atoms with Crippen molar-refractivity contribution in [2.24, 2.45) is 5.41 Å². The van der Waals surface area contributed by atoms with Crippen LogP contribution < -0.4 is 0 Å². The molecule has 0 fully saturated rings. The molecule has 0 spiro atoms. The van der Waals surface area contributed by atoms with E-state index < -0.39 is 0 Å². The Kier molecular flexibility index (Phi) is 11.1. The number of benzene rings is 3. The molecule has 0 saturated carbocycles. The highest BCUT2D eigenvalue weighted by atomic mass is 14.2. The van der Waals surface area contributed by atoms with Gasteiger partial charge in [-0.2, -0.15) is 0 Å². The fraction of sp³-hybridized carbons (Fsp3) is 0.410. The topological polar surface area (TPSA) is 0 Å². The summed E-state index contributed by atoms with van der Waals surface area (Å²) in [7, 11) is 0. The van der Waals surface area contributed by atoms with Gasteiger partial charge in [0.05, 0.1) is 0 Å². The Morgan fingerprint density at radius 3 is 1.46 bits per heavy atom. The van der Waals surface area contributed by atoms with Crippen LogP contribution in [0.25, 0.3) is 11.1 Å². The number of fused-ring (bicyclic) bond motifs is 2. The van der Waals surface area contributed by atoms with E-state index in [2.05, 4.69) is 118 Å². The number of aryl methyl sites for hydroxylation is 2. The van der Waals surface area contributed by atoms with E-state index >= 15 is 0 Å². The number of rotatable bonds is 1. The Labute approximate surface area is 238 Å². The van der Waals surface area contributed by atoms with E-state index in [4.69, 9.17) is 0 Å². The largest absolute Gasteiger partial charge is 0.107 e. The summed E-state index contributed by atoms with van der Waals surface area (Å²) in [6, 6.07) is 29.4. The first-order chi connectivity index (χ1) is 19.0. The normalized spacial score (nSPS) is 17.5. The molecule has 0 radical (unpaired) electrons. The van der Waals surface area contributed by atoms with E-state index in [-0.39, 0.29) is 5.41 Å². The summed E-state index contributed by atoms with van der Waals surface area (Å²) in [5, 5.41) is 0. The van der Waals surface area contributed by atoms with E-state index in [1.165, 1.54) is 110 Å². The van der Waals surface area contributed by atoms with Gasteiger partial charge in [-0.05, 0) is 84.6 Å². The molecule has 0 heterocycles. The second-order valence-corrected chi connectivity index (χ2v) is 12.3. The molecule has 0 unspecified atom stereocenters. The van der Waals surface area contributed by atoms with Gasteiger partial charge in [0.1, 0.15) is 0 Å². The summed E-state index contributed by atoms with van der Waals surface area (Å²) in [5.41, 5.74) is 13.0. The Hall–Kier alpha value is -3.08. The Balaban J connectivity index is 1.70. The number of hydrogen-bond acceptors (Lipinski definition) is 0. The van der Waals surface area contributed by atoms with E-state index in [0.29, 0.717) is 0 Å². The fourth-order valence-electron chi connectivity index (χ4n) is 5.54. The average molecular weight is 517 g/mol. The molecule has 0 heteroatoms. The van der Waals surface area contributed by atoms with Gasteiger partial charge in [-0.25, -0.2) is 0 Å². The molecule has 0 amide bonds. The van der Waals surface area contributed by atoms with Gasteiger partial charge in [0.15, 0.2) is 0 Å². The van der Waals surface area contributed by atoms with Gasteiger partial charge in [0, 0.05) is 11.1 Å². The monoisotopic (exact) mass is 516 g/mol. The third-order valence-electron chi connectivity index (χ3n) is 7.89. The van der Waals surface area contributed by atoms with Gasteiger partial charge >= 0.3 is 0 Å². The molecule has 3 aliphatic rings. The molecule has 0 saturated heterocycles. The second-order valence-electron chi connectivity index (χ2n) is 12.3. The zero-order chi connectivity index (χ0) is 27.3. The Bertz CT molecular complexity index is 1220. The van der Waals surface area contributed by atoms with Gasteiger partial charge in [-0.3, -0.25) is 0 Å². The van der Waals surface area contributed by atoms with Gasteiger partial charge in [0.25, 0.3) is 0 Å². The summed E-state index contributed by atoms with van der Waals surface area (Å²) in [6.45, 7) is 6.92. The predicted molar refractivity (Wildman–Crippen MR) is 171 cm³/mol. The van der Waals surface area contributed by atoms with Crippen LogP contribution in [0.5, 0.6) is 0 Å². The first-order valence-corrected chi connectivity index (χ1v) is 15.4. The zero-order valence-corrected chi connectivity index (χ0v) is 24.6. The van der Waals surface area contributed by atoms with Crippen LogP contribution in [0, 0.1) is 5.41 Å². The molecule has 4 bridgehead atoms. The lowest BCUT2D eigenvalue weighted by molar-refractivity contribution is 0.567. The van der Waals surface area contributed by atoms with Crippen molar-refractivity contribution >= 4 is 11.1 Å². The van der Waals surface area contributed by atoms with Crippen molar-refractivity contribution in [1.29, 1.82) is 0 Å². The Morgan fingerprint density at radius 1 is 0.487 bits per heavy atom. The first-order valence-electron chi connectivity index (χ1n) is 15.4. The second kappa shape index (κ2) is 14.9. The number of allylic oxidation sites excluding steroid dienone is 3. The van der Waals surface area contributed by atoms with Crippen LogP contribution in [0.4, 0.5) is 0 Å². The van der Waals surface area contributed by atoms with Crippen molar-refractivity contribution in [3.8, 4) is 0 Å². The van der Waals surface area contributed by atoms with Crippen LogP contribution in [0.15, 0.2) is 96.7 Å². The molecule has 0 atom stereocenters. The summed E-state index contributed by atoms with van der Waals surface area (Å²) >= 11 is 0. The van der Waals surface area contributed by atoms with Crippen molar-refractivity contribution in [3.63, 3.8) is 0 Å². The van der Waals surface area contributed by atoms with Crippen molar-refractivity contribution in [1.82, 2.24) is 0 Å². The first kappa shape index (κ1) is 28.9. The molecule has 0 aliphatic heterocycles. The van der Waals surface area contributed by atoms with E-state index in [0.717, 1.165) is 6.42 Å². The summed E-state index contributed by atoms with van der Waals surface area (Å²) < 4.78 is 0. The van der Waals surface area contributed by atoms with Crippen molar-refractivity contribution in [2.45, 2.75) is 97.8 Å². The van der Waals surface area contributed by atoms with Gasteiger partial charge in [-0.15, -0.1) is 5.73 Å². The smallest absolute Gasteiger partial charge is 0.0312 e. The van der Waals surface area contributed by atoms with Crippen LogP contribution in [-0.2, 0) is 12.8 Å². The van der Waals surface area contributed by atoms with Crippen LogP contribution in [0.2, 0.25) is 0 Å². The summed E-state index contributed by atoms with van der Waals surface area (Å²) in [4.78, 5) is 0. The van der Waals surface area contributed by atoms with Crippen molar-refractivity contribution in [2.75, 3.05) is 0 Å². The highest BCUT2D eigenvalue weighted by molar-refractivity contribution is 5.85. The van der Waals surface area contributed by atoms with Gasteiger partial charge in [0.2, 0.25) is 0 Å². The molecule has 204 valence electrons. The highest BCUT2D eigenvalue weighted by Crippen LogP contribution is 2.36. The predicted octanol–water partition coefficient (Wildman–Crippen LogP) is 11.4.